The Labute approximate surface area is 101 Å². The van der Waals surface area contributed by atoms with Crippen molar-refractivity contribution in [3.8, 4) is 5.75 Å². The van der Waals surface area contributed by atoms with E-state index in [2.05, 4.69) is 5.32 Å². The highest BCUT2D eigenvalue weighted by Crippen LogP contribution is 2.28. The molecule has 1 aliphatic rings. The molecule has 4 nitrogen and oxygen atoms in total. The summed E-state index contributed by atoms with van der Waals surface area (Å²) < 4.78 is 5.11. The molecule has 0 spiro atoms. The molecule has 17 heavy (non-hydrogen) atoms. The summed E-state index contributed by atoms with van der Waals surface area (Å²) in [6, 6.07) is 7.47. The van der Waals surface area contributed by atoms with Crippen molar-refractivity contribution < 1.29 is 14.6 Å². The summed E-state index contributed by atoms with van der Waals surface area (Å²) in [7, 11) is 1.64. The number of hydrogen-bond donors (Lipinski definition) is 2. The van der Waals surface area contributed by atoms with Crippen LogP contribution in [0.5, 0.6) is 5.75 Å². The summed E-state index contributed by atoms with van der Waals surface area (Å²) in [4.78, 5) is 10.9. The monoisotopic (exact) mass is 235 g/mol. The van der Waals surface area contributed by atoms with Crippen LogP contribution in [0, 0.1) is 0 Å². The SMILES string of the molecule is COc1ccc(C2CCNC(C(=O)O)C2)cc1. The van der Waals surface area contributed by atoms with Crippen LogP contribution in [0.15, 0.2) is 24.3 Å². The standard InChI is InChI=1S/C13H17NO3/c1-17-11-4-2-9(3-5-11)10-6-7-14-12(8-10)13(15)16/h2-5,10,12,14H,6-8H2,1H3,(H,15,16). The second-order valence-electron chi connectivity index (χ2n) is 4.34. The number of piperidine rings is 1. The van der Waals surface area contributed by atoms with Gasteiger partial charge in [-0.2, -0.15) is 0 Å². The molecular formula is C13H17NO3. The van der Waals surface area contributed by atoms with Crippen molar-refractivity contribution in [3.63, 3.8) is 0 Å². The van der Waals surface area contributed by atoms with Crippen LogP contribution < -0.4 is 10.1 Å². The summed E-state index contributed by atoms with van der Waals surface area (Å²) in [5, 5.41) is 12.0. The zero-order chi connectivity index (χ0) is 12.3. The highest BCUT2D eigenvalue weighted by Gasteiger charge is 2.27. The van der Waals surface area contributed by atoms with Crippen LogP contribution in [0.25, 0.3) is 0 Å². The molecule has 1 aromatic rings. The first kappa shape index (κ1) is 11.9. The molecule has 2 N–H and O–H groups in total. The summed E-state index contributed by atoms with van der Waals surface area (Å²) in [5.41, 5.74) is 1.19. The minimum absolute atomic E-state index is 0.322. The number of rotatable bonds is 3. The van der Waals surface area contributed by atoms with Crippen molar-refractivity contribution in [2.24, 2.45) is 0 Å². The quantitative estimate of drug-likeness (QED) is 0.835. The number of ether oxygens (including phenoxy) is 1. The van der Waals surface area contributed by atoms with Crippen molar-refractivity contribution in [2.45, 2.75) is 24.8 Å². The third kappa shape index (κ3) is 2.77. The molecule has 92 valence electrons. The minimum atomic E-state index is -0.761. The molecule has 1 fully saturated rings. The predicted molar refractivity (Wildman–Crippen MR) is 64.4 cm³/mol. The lowest BCUT2D eigenvalue weighted by Crippen LogP contribution is -2.42. The topological polar surface area (TPSA) is 58.6 Å². The number of hydrogen-bond acceptors (Lipinski definition) is 3. The van der Waals surface area contributed by atoms with Crippen LogP contribution in [0.2, 0.25) is 0 Å². The maximum Gasteiger partial charge on any atom is 0.320 e. The Hall–Kier alpha value is -1.55. The Morgan fingerprint density at radius 1 is 1.41 bits per heavy atom. The van der Waals surface area contributed by atoms with E-state index >= 15 is 0 Å². The maximum absolute atomic E-state index is 10.9. The fourth-order valence-electron chi connectivity index (χ4n) is 2.28. The van der Waals surface area contributed by atoms with Gasteiger partial charge in [0.1, 0.15) is 11.8 Å². The molecule has 2 rings (SSSR count). The normalized spacial score (nSPS) is 24.3. The van der Waals surface area contributed by atoms with E-state index in [4.69, 9.17) is 9.84 Å². The van der Waals surface area contributed by atoms with Gasteiger partial charge in [-0.3, -0.25) is 4.79 Å². The third-order valence-electron chi connectivity index (χ3n) is 3.29. The van der Waals surface area contributed by atoms with Gasteiger partial charge in [0.25, 0.3) is 0 Å². The number of methoxy groups -OCH3 is 1. The smallest absolute Gasteiger partial charge is 0.320 e. The molecule has 0 amide bonds. The molecular weight excluding hydrogens is 218 g/mol. The average molecular weight is 235 g/mol. The van der Waals surface area contributed by atoms with Crippen LogP contribution in [-0.2, 0) is 4.79 Å². The Morgan fingerprint density at radius 2 is 2.12 bits per heavy atom. The van der Waals surface area contributed by atoms with Gasteiger partial charge in [0.2, 0.25) is 0 Å². The van der Waals surface area contributed by atoms with Crippen molar-refractivity contribution in [2.75, 3.05) is 13.7 Å². The molecule has 1 aromatic carbocycles. The first-order valence-corrected chi connectivity index (χ1v) is 5.81. The van der Waals surface area contributed by atoms with Gasteiger partial charge in [-0.1, -0.05) is 12.1 Å². The van der Waals surface area contributed by atoms with E-state index in [-0.39, 0.29) is 0 Å². The van der Waals surface area contributed by atoms with Gasteiger partial charge >= 0.3 is 5.97 Å². The summed E-state index contributed by atoms with van der Waals surface area (Å²) in [6.45, 7) is 0.758. The fourth-order valence-corrected chi connectivity index (χ4v) is 2.28. The lowest BCUT2D eigenvalue weighted by molar-refractivity contribution is -0.140. The van der Waals surface area contributed by atoms with E-state index in [1.165, 1.54) is 5.56 Å². The van der Waals surface area contributed by atoms with Gasteiger partial charge in [0.05, 0.1) is 7.11 Å². The number of carboxylic acids is 1. The van der Waals surface area contributed by atoms with Crippen LogP contribution >= 0.6 is 0 Å². The highest BCUT2D eigenvalue weighted by molar-refractivity contribution is 5.73. The Morgan fingerprint density at radius 3 is 2.71 bits per heavy atom. The molecule has 2 unspecified atom stereocenters. The Balaban J connectivity index is 2.08. The van der Waals surface area contributed by atoms with Crippen molar-refractivity contribution >= 4 is 5.97 Å². The molecule has 4 heteroatoms. The first-order chi connectivity index (χ1) is 8.20. The van der Waals surface area contributed by atoms with Crippen LogP contribution in [0.4, 0.5) is 0 Å². The van der Waals surface area contributed by atoms with Gasteiger partial charge in [0, 0.05) is 0 Å². The highest BCUT2D eigenvalue weighted by atomic mass is 16.5. The second-order valence-corrected chi connectivity index (χ2v) is 4.34. The Bertz CT molecular complexity index is 388. The Kier molecular flexibility index (Phi) is 3.64. The molecule has 1 saturated heterocycles. The van der Waals surface area contributed by atoms with E-state index in [1.807, 2.05) is 24.3 Å². The summed E-state index contributed by atoms with van der Waals surface area (Å²) in [5.74, 6) is 0.393. The average Bonchev–Trinajstić information content (AvgIpc) is 2.39. The van der Waals surface area contributed by atoms with Crippen molar-refractivity contribution in [1.82, 2.24) is 5.32 Å². The molecule has 0 aromatic heterocycles. The van der Waals surface area contributed by atoms with Gasteiger partial charge in [-0.05, 0) is 43.0 Å². The lowest BCUT2D eigenvalue weighted by atomic mass is 9.86. The van der Waals surface area contributed by atoms with Gasteiger partial charge in [-0.15, -0.1) is 0 Å². The van der Waals surface area contributed by atoms with E-state index in [9.17, 15) is 4.79 Å². The van der Waals surface area contributed by atoms with Crippen LogP contribution in [-0.4, -0.2) is 30.8 Å². The van der Waals surface area contributed by atoms with Gasteiger partial charge in [-0.25, -0.2) is 0 Å². The summed E-state index contributed by atoms with van der Waals surface area (Å²) >= 11 is 0. The van der Waals surface area contributed by atoms with E-state index in [1.54, 1.807) is 7.11 Å². The zero-order valence-corrected chi connectivity index (χ0v) is 9.85. The fraction of sp³-hybridized carbons (Fsp3) is 0.462. The number of carboxylic acid groups (broad SMARTS) is 1. The molecule has 1 heterocycles. The molecule has 0 bridgehead atoms. The number of carbonyl (C=O) groups is 1. The lowest BCUT2D eigenvalue weighted by Gasteiger charge is -2.28. The summed E-state index contributed by atoms with van der Waals surface area (Å²) in [6.07, 6.45) is 1.64. The van der Waals surface area contributed by atoms with E-state index in [0.717, 1.165) is 18.7 Å². The molecule has 0 radical (unpaired) electrons. The predicted octanol–water partition coefficient (Wildman–Crippen LogP) is 1.62. The minimum Gasteiger partial charge on any atom is -0.497 e. The molecule has 1 aliphatic heterocycles. The van der Waals surface area contributed by atoms with Crippen molar-refractivity contribution in [1.29, 1.82) is 0 Å². The van der Waals surface area contributed by atoms with E-state index < -0.39 is 12.0 Å². The first-order valence-electron chi connectivity index (χ1n) is 5.81. The largest absolute Gasteiger partial charge is 0.497 e. The molecule has 0 aliphatic carbocycles. The number of aliphatic carboxylic acids is 1. The number of nitrogens with one attached hydrogen (secondary N) is 1. The van der Waals surface area contributed by atoms with E-state index in [0.29, 0.717) is 12.3 Å². The maximum atomic E-state index is 10.9. The molecule has 2 atom stereocenters. The second kappa shape index (κ2) is 5.19. The third-order valence-corrected chi connectivity index (χ3v) is 3.29. The van der Waals surface area contributed by atoms with Gasteiger partial charge in [0.15, 0.2) is 0 Å². The van der Waals surface area contributed by atoms with Gasteiger partial charge < -0.3 is 15.2 Å². The number of benzene rings is 1. The zero-order valence-electron chi connectivity index (χ0n) is 9.85. The van der Waals surface area contributed by atoms with Crippen molar-refractivity contribution in [3.05, 3.63) is 29.8 Å². The molecule has 0 saturated carbocycles. The van der Waals surface area contributed by atoms with Crippen LogP contribution in [0.3, 0.4) is 0 Å². The van der Waals surface area contributed by atoms with Crippen LogP contribution in [0.1, 0.15) is 24.3 Å².